The van der Waals surface area contributed by atoms with Gasteiger partial charge in [0.25, 0.3) is 0 Å². The lowest BCUT2D eigenvalue weighted by Crippen LogP contribution is -2.09. The highest BCUT2D eigenvalue weighted by Crippen LogP contribution is 2.12. The number of ketones is 1. The van der Waals surface area contributed by atoms with Crippen LogP contribution in [-0.4, -0.2) is 24.0 Å². The van der Waals surface area contributed by atoms with Gasteiger partial charge in [-0.3, -0.25) is 9.59 Å². The Morgan fingerprint density at radius 3 is 2.75 bits per heavy atom. The smallest absolute Gasteiger partial charge is 0.313 e. The number of hydrogen-bond donors (Lipinski definition) is 1. The van der Waals surface area contributed by atoms with Crippen molar-refractivity contribution in [2.75, 3.05) is 7.11 Å². The number of phenols is 1. The number of aryl methyl sites for hydroxylation is 1. The van der Waals surface area contributed by atoms with Gasteiger partial charge in [-0.15, -0.1) is 0 Å². The summed E-state index contributed by atoms with van der Waals surface area (Å²) >= 11 is 0. The maximum atomic E-state index is 11.3. The molecule has 0 spiro atoms. The van der Waals surface area contributed by atoms with E-state index in [9.17, 15) is 14.7 Å². The molecular weight excluding hydrogens is 208 g/mol. The van der Waals surface area contributed by atoms with Gasteiger partial charge in [-0.25, -0.2) is 0 Å². The zero-order valence-corrected chi connectivity index (χ0v) is 9.10. The summed E-state index contributed by atoms with van der Waals surface area (Å²) in [6, 6.07) is 6.71. The number of phenolic OH excluding ortho intramolecular Hbond substituents is 1. The van der Waals surface area contributed by atoms with Gasteiger partial charge in [-0.2, -0.15) is 0 Å². The Morgan fingerprint density at radius 1 is 1.38 bits per heavy atom. The van der Waals surface area contributed by atoms with E-state index in [2.05, 4.69) is 4.74 Å². The fourth-order valence-corrected chi connectivity index (χ4v) is 1.32. The molecule has 1 N–H and O–H groups in total. The number of carbonyl (C=O) groups is 2. The van der Waals surface area contributed by atoms with Crippen molar-refractivity contribution < 1.29 is 19.4 Å². The molecule has 0 aliphatic carbocycles. The van der Waals surface area contributed by atoms with Crippen LogP contribution in [-0.2, 0) is 20.7 Å². The molecule has 4 nitrogen and oxygen atoms in total. The molecule has 1 aromatic carbocycles. The van der Waals surface area contributed by atoms with Gasteiger partial charge in [0.05, 0.1) is 7.11 Å². The molecule has 0 amide bonds. The number of carbonyl (C=O) groups excluding carboxylic acids is 2. The van der Waals surface area contributed by atoms with Gasteiger partial charge in [-0.1, -0.05) is 12.1 Å². The third kappa shape index (κ3) is 4.13. The second kappa shape index (κ2) is 5.90. The van der Waals surface area contributed by atoms with E-state index >= 15 is 0 Å². The molecule has 0 atom stereocenters. The molecule has 0 unspecified atom stereocenters. The van der Waals surface area contributed by atoms with Crippen LogP contribution in [0.5, 0.6) is 5.75 Å². The van der Waals surface area contributed by atoms with Crippen molar-refractivity contribution in [3.05, 3.63) is 29.8 Å². The number of rotatable bonds is 5. The molecule has 0 fully saturated rings. The molecule has 0 saturated heterocycles. The average Bonchev–Trinajstić information content (AvgIpc) is 2.26. The molecule has 1 aromatic rings. The largest absolute Gasteiger partial charge is 0.508 e. The molecule has 16 heavy (non-hydrogen) atoms. The Kier molecular flexibility index (Phi) is 4.51. The first-order valence-corrected chi connectivity index (χ1v) is 4.98. The number of Topliss-reactive ketones (excluding diaryl/α,β-unsaturated/α-hetero) is 1. The van der Waals surface area contributed by atoms with Crippen LogP contribution in [0.2, 0.25) is 0 Å². The number of methoxy groups -OCH3 is 1. The van der Waals surface area contributed by atoms with E-state index < -0.39 is 5.97 Å². The summed E-state index contributed by atoms with van der Waals surface area (Å²) in [5, 5.41) is 9.20. The summed E-state index contributed by atoms with van der Waals surface area (Å²) in [4.78, 5) is 22.1. The zero-order chi connectivity index (χ0) is 12.0. The highest BCUT2D eigenvalue weighted by molar-refractivity contribution is 5.95. The van der Waals surface area contributed by atoms with Gasteiger partial charge in [0.1, 0.15) is 18.0 Å². The minimum Gasteiger partial charge on any atom is -0.508 e. The molecule has 0 aromatic heterocycles. The summed E-state index contributed by atoms with van der Waals surface area (Å²) in [6.07, 6.45) is 0.609. The molecule has 0 aliphatic heterocycles. The summed E-state index contributed by atoms with van der Waals surface area (Å²) in [5.74, 6) is -0.492. The quantitative estimate of drug-likeness (QED) is 0.605. The third-order valence-corrected chi connectivity index (χ3v) is 2.17. The normalized spacial score (nSPS) is 9.81. The lowest BCUT2D eigenvalue weighted by Gasteiger charge is -2.01. The van der Waals surface area contributed by atoms with Crippen molar-refractivity contribution in [1.29, 1.82) is 0 Å². The van der Waals surface area contributed by atoms with Gasteiger partial charge < -0.3 is 9.84 Å². The van der Waals surface area contributed by atoms with Gasteiger partial charge in [-0.05, 0) is 24.1 Å². The second-order valence-electron chi connectivity index (χ2n) is 3.46. The molecule has 1 rings (SSSR count). The topological polar surface area (TPSA) is 63.6 Å². The molecule has 0 heterocycles. The van der Waals surface area contributed by atoms with Gasteiger partial charge in [0, 0.05) is 6.42 Å². The van der Waals surface area contributed by atoms with Crippen LogP contribution in [0.1, 0.15) is 18.4 Å². The van der Waals surface area contributed by atoms with Crippen molar-refractivity contribution in [2.24, 2.45) is 0 Å². The van der Waals surface area contributed by atoms with Crippen LogP contribution >= 0.6 is 0 Å². The van der Waals surface area contributed by atoms with Gasteiger partial charge >= 0.3 is 5.97 Å². The summed E-state index contributed by atoms with van der Waals surface area (Å²) in [6.45, 7) is 0. The Morgan fingerprint density at radius 2 is 2.12 bits per heavy atom. The minimum absolute atomic E-state index is 0.157. The van der Waals surface area contributed by atoms with Crippen LogP contribution in [0.3, 0.4) is 0 Å². The van der Waals surface area contributed by atoms with Crippen LogP contribution in [0.15, 0.2) is 24.3 Å². The monoisotopic (exact) mass is 222 g/mol. The SMILES string of the molecule is COC(=O)CC(=O)CCc1cccc(O)c1. The molecule has 0 saturated carbocycles. The molecule has 4 heteroatoms. The fraction of sp³-hybridized carbons (Fsp3) is 0.333. The van der Waals surface area contributed by atoms with Crippen molar-refractivity contribution in [1.82, 2.24) is 0 Å². The maximum Gasteiger partial charge on any atom is 0.313 e. The second-order valence-corrected chi connectivity index (χ2v) is 3.46. The zero-order valence-electron chi connectivity index (χ0n) is 9.10. The van der Waals surface area contributed by atoms with Crippen LogP contribution in [0.4, 0.5) is 0 Å². The van der Waals surface area contributed by atoms with Crippen LogP contribution < -0.4 is 0 Å². The average molecular weight is 222 g/mol. The van der Waals surface area contributed by atoms with E-state index in [1.54, 1.807) is 18.2 Å². The first-order valence-electron chi connectivity index (χ1n) is 4.98. The first-order chi connectivity index (χ1) is 7.61. The minimum atomic E-state index is -0.513. The Bertz CT molecular complexity index is 384. The van der Waals surface area contributed by atoms with Crippen molar-refractivity contribution in [2.45, 2.75) is 19.3 Å². The highest BCUT2D eigenvalue weighted by Gasteiger charge is 2.09. The molecule has 0 radical (unpaired) electrons. The number of benzene rings is 1. The van der Waals surface area contributed by atoms with E-state index in [4.69, 9.17) is 0 Å². The Balaban J connectivity index is 2.40. The number of hydrogen-bond acceptors (Lipinski definition) is 4. The highest BCUT2D eigenvalue weighted by atomic mass is 16.5. The summed E-state index contributed by atoms with van der Waals surface area (Å²) in [7, 11) is 1.25. The Hall–Kier alpha value is -1.84. The van der Waals surface area contributed by atoms with Crippen molar-refractivity contribution in [3.63, 3.8) is 0 Å². The molecule has 0 bridgehead atoms. The van der Waals surface area contributed by atoms with Crippen molar-refractivity contribution in [3.8, 4) is 5.75 Å². The van der Waals surface area contributed by atoms with Gasteiger partial charge in [0.15, 0.2) is 0 Å². The van der Waals surface area contributed by atoms with E-state index in [0.717, 1.165) is 5.56 Å². The summed E-state index contributed by atoms with van der Waals surface area (Å²) < 4.78 is 4.39. The number of aromatic hydroxyl groups is 1. The number of esters is 1. The van der Waals surface area contributed by atoms with Crippen molar-refractivity contribution >= 4 is 11.8 Å². The lowest BCUT2D eigenvalue weighted by atomic mass is 10.1. The standard InChI is InChI=1S/C12H14O4/c1-16-12(15)8-11(14)6-5-9-3-2-4-10(13)7-9/h2-4,7,13H,5-6,8H2,1H3. The predicted octanol–water partition coefficient (Wildman–Crippen LogP) is 1.46. The molecule has 86 valence electrons. The predicted molar refractivity (Wildman–Crippen MR) is 58.1 cm³/mol. The molecular formula is C12H14O4. The van der Waals surface area contributed by atoms with E-state index in [-0.39, 0.29) is 24.4 Å². The third-order valence-electron chi connectivity index (χ3n) is 2.17. The van der Waals surface area contributed by atoms with Crippen LogP contribution in [0, 0.1) is 0 Å². The fourth-order valence-electron chi connectivity index (χ4n) is 1.32. The van der Waals surface area contributed by atoms with E-state index in [1.165, 1.54) is 7.11 Å². The van der Waals surface area contributed by atoms with Crippen LogP contribution in [0.25, 0.3) is 0 Å². The lowest BCUT2D eigenvalue weighted by molar-refractivity contribution is -0.143. The molecule has 0 aliphatic rings. The van der Waals surface area contributed by atoms with Gasteiger partial charge in [0.2, 0.25) is 0 Å². The maximum absolute atomic E-state index is 11.3. The Labute approximate surface area is 93.9 Å². The first kappa shape index (κ1) is 12.2. The number of ether oxygens (including phenoxy) is 1. The van der Waals surface area contributed by atoms with E-state index in [0.29, 0.717) is 6.42 Å². The summed E-state index contributed by atoms with van der Waals surface area (Å²) in [5.41, 5.74) is 0.873. The van der Waals surface area contributed by atoms with E-state index in [1.807, 2.05) is 6.07 Å².